The number of benzene rings is 1. The Morgan fingerprint density at radius 3 is 2.56 bits per heavy atom. The lowest BCUT2D eigenvalue weighted by atomic mass is 10.2. The normalized spacial score (nSPS) is 12.2. The molecule has 0 amide bonds. The maximum absolute atomic E-state index is 10.5. The fraction of sp³-hybridized carbons (Fsp3) is 0.417. The lowest BCUT2D eigenvalue weighted by molar-refractivity contribution is 0.0695. The van der Waals surface area contributed by atoms with E-state index in [2.05, 4.69) is 0 Å². The number of aliphatic hydroxyl groups is 1. The number of ether oxygens (including phenoxy) is 1. The molecule has 0 aliphatic heterocycles. The van der Waals surface area contributed by atoms with Crippen LogP contribution in [0.1, 0.15) is 10.4 Å². The van der Waals surface area contributed by atoms with E-state index in [-0.39, 0.29) is 0 Å². The fourth-order valence-electron chi connectivity index (χ4n) is 1.47. The number of aldehydes is 1. The highest BCUT2D eigenvalue weighted by atomic mass is 16.5. The van der Waals surface area contributed by atoms with Gasteiger partial charge < -0.3 is 14.7 Å². The molecule has 1 rings (SSSR count). The number of hydrogen-bond donors (Lipinski definition) is 1. The monoisotopic (exact) mass is 223 g/mol. The summed E-state index contributed by atoms with van der Waals surface area (Å²) in [6.07, 6.45) is 0.296. The predicted octanol–water partition coefficient (Wildman–Crippen LogP) is 0.943. The van der Waals surface area contributed by atoms with Crippen LogP contribution in [0, 0.1) is 0 Å². The molecule has 1 atom stereocenters. The van der Waals surface area contributed by atoms with Gasteiger partial charge in [-0.25, -0.2) is 0 Å². The molecule has 0 aromatic heterocycles. The second-order valence-corrected chi connectivity index (χ2v) is 3.70. The zero-order chi connectivity index (χ0) is 12.0. The molecule has 4 heteroatoms. The molecular weight excluding hydrogens is 206 g/mol. The molecule has 0 bridgehead atoms. The van der Waals surface area contributed by atoms with Crippen LogP contribution in [0.3, 0.4) is 0 Å². The van der Waals surface area contributed by atoms with Crippen LogP contribution in [0.25, 0.3) is 0 Å². The van der Waals surface area contributed by atoms with Crippen molar-refractivity contribution in [3.63, 3.8) is 0 Å². The van der Waals surface area contributed by atoms with E-state index in [0.29, 0.717) is 18.7 Å². The molecule has 0 spiro atoms. The second-order valence-electron chi connectivity index (χ2n) is 3.70. The summed E-state index contributed by atoms with van der Waals surface area (Å²) in [5.74, 6) is 0. The van der Waals surface area contributed by atoms with Crippen molar-refractivity contribution in [1.29, 1.82) is 0 Å². The molecule has 0 aliphatic rings. The van der Waals surface area contributed by atoms with Crippen molar-refractivity contribution in [3.8, 4) is 0 Å². The highest BCUT2D eigenvalue weighted by Gasteiger charge is 2.08. The van der Waals surface area contributed by atoms with Crippen LogP contribution in [0.15, 0.2) is 24.3 Å². The van der Waals surface area contributed by atoms with Crippen molar-refractivity contribution in [2.45, 2.75) is 6.10 Å². The Morgan fingerprint density at radius 1 is 1.44 bits per heavy atom. The molecule has 0 heterocycles. The van der Waals surface area contributed by atoms with E-state index < -0.39 is 6.10 Å². The number of likely N-dealkylation sites (N-methyl/N-ethyl adjacent to an activating group) is 1. The van der Waals surface area contributed by atoms with E-state index in [1.54, 1.807) is 19.2 Å². The number of aliphatic hydroxyl groups excluding tert-OH is 1. The zero-order valence-electron chi connectivity index (χ0n) is 9.59. The lowest BCUT2D eigenvalue weighted by Gasteiger charge is -2.22. The average molecular weight is 223 g/mol. The number of hydrogen-bond acceptors (Lipinski definition) is 4. The Kier molecular flexibility index (Phi) is 4.95. The Labute approximate surface area is 95.5 Å². The Balaban J connectivity index is 2.58. The third-order valence-corrected chi connectivity index (χ3v) is 2.31. The van der Waals surface area contributed by atoms with Gasteiger partial charge in [0, 0.05) is 32.0 Å². The van der Waals surface area contributed by atoms with Gasteiger partial charge in [-0.1, -0.05) is 0 Å². The van der Waals surface area contributed by atoms with E-state index in [1.807, 2.05) is 24.1 Å². The largest absolute Gasteiger partial charge is 0.389 e. The van der Waals surface area contributed by atoms with Gasteiger partial charge in [-0.2, -0.15) is 0 Å². The van der Waals surface area contributed by atoms with Crippen LogP contribution in [-0.2, 0) is 4.74 Å². The fourth-order valence-corrected chi connectivity index (χ4v) is 1.47. The maximum atomic E-state index is 10.5. The first-order valence-corrected chi connectivity index (χ1v) is 5.10. The third kappa shape index (κ3) is 3.64. The average Bonchev–Trinajstić information content (AvgIpc) is 2.29. The van der Waals surface area contributed by atoms with E-state index in [1.165, 1.54) is 0 Å². The Hall–Kier alpha value is -1.39. The van der Waals surface area contributed by atoms with Crippen molar-refractivity contribution >= 4 is 12.0 Å². The van der Waals surface area contributed by atoms with Crippen molar-refractivity contribution in [2.75, 3.05) is 32.2 Å². The number of nitrogens with zero attached hydrogens (tertiary/aromatic N) is 1. The van der Waals surface area contributed by atoms with Crippen molar-refractivity contribution in [1.82, 2.24) is 0 Å². The van der Waals surface area contributed by atoms with Gasteiger partial charge in [0.15, 0.2) is 0 Å². The van der Waals surface area contributed by atoms with Crippen LogP contribution in [-0.4, -0.2) is 44.8 Å². The second kappa shape index (κ2) is 6.25. The van der Waals surface area contributed by atoms with Crippen LogP contribution >= 0.6 is 0 Å². The molecule has 4 nitrogen and oxygen atoms in total. The van der Waals surface area contributed by atoms with Gasteiger partial charge in [0.05, 0.1) is 12.7 Å². The summed E-state index contributed by atoms with van der Waals surface area (Å²) in [6, 6.07) is 7.20. The first-order chi connectivity index (χ1) is 7.67. The van der Waals surface area contributed by atoms with Crippen LogP contribution in [0.4, 0.5) is 5.69 Å². The van der Waals surface area contributed by atoms with Gasteiger partial charge in [-0.3, -0.25) is 4.79 Å². The van der Waals surface area contributed by atoms with Crippen molar-refractivity contribution < 1.29 is 14.6 Å². The van der Waals surface area contributed by atoms with Crippen molar-refractivity contribution in [3.05, 3.63) is 29.8 Å². The number of anilines is 1. The smallest absolute Gasteiger partial charge is 0.150 e. The van der Waals surface area contributed by atoms with Crippen molar-refractivity contribution in [2.24, 2.45) is 0 Å². The highest BCUT2D eigenvalue weighted by Crippen LogP contribution is 2.13. The summed E-state index contributed by atoms with van der Waals surface area (Å²) in [6.45, 7) is 0.811. The zero-order valence-corrected chi connectivity index (χ0v) is 9.59. The molecule has 0 aliphatic carbocycles. The number of carbonyl (C=O) groups excluding carboxylic acids is 1. The van der Waals surface area contributed by atoms with Crippen LogP contribution in [0.5, 0.6) is 0 Å². The number of carbonyl (C=O) groups is 1. The van der Waals surface area contributed by atoms with E-state index in [0.717, 1.165) is 12.0 Å². The summed E-state index contributed by atoms with van der Waals surface area (Å²) < 4.78 is 4.85. The standard InChI is InChI=1S/C12H17NO3/c1-13(7-12(15)9-16-2)11-5-3-10(8-14)4-6-11/h3-6,8,12,15H,7,9H2,1-2H3. The highest BCUT2D eigenvalue weighted by molar-refractivity contribution is 5.75. The van der Waals surface area contributed by atoms with E-state index in [9.17, 15) is 9.90 Å². The molecule has 1 aromatic rings. The molecule has 0 radical (unpaired) electrons. The number of methoxy groups -OCH3 is 1. The summed E-state index contributed by atoms with van der Waals surface area (Å²) in [5, 5.41) is 9.56. The van der Waals surface area contributed by atoms with Crippen LogP contribution < -0.4 is 4.90 Å². The number of rotatable bonds is 6. The minimum absolute atomic E-state index is 0.316. The molecule has 1 N–H and O–H groups in total. The quantitative estimate of drug-likeness (QED) is 0.729. The molecule has 16 heavy (non-hydrogen) atoms. The minimum Gasteiger partial charge on any atom is -0.389 e. The van der Waals surface area contributed by atoms with Gasteiger partial charge in [-0.05, 0) is 24.3 Å². The maximum Gasteiger partial charge on any atom is 0.150 e. The Morgan fingerprint density at radius 2 is 2.06 bits per heavy atom. The van der Waals surface area contributed by atoms with Gasteiger partial charge >= 0.3 is 0 Å². The van der Waals surface area contributed by atoms with E-state index in [4.69, 9.17) is 4.74 Å². The molecule has 0 fully saturated rings. The molecule has 0 saturated carbocycles. The SMILES string of the molecule is COCC(O)CN(C)c1ccc(C=O)cc1. The van der Waals surface area contributed by atoms with Gasteiger partial charge in [0.25, 0.3) is 0 Å². The van der Waals surface area contributed by atoms with Crippen LogP contribution in [0.2, 0.25) is 0 Å². The van der Waals surface area contributed by atoms with E-state index >= 15 is 0 Å². The summed E-state index contributed by atoms with van der Waals surface area (Å²) in [4.78, 5) is 12.4. The summed E-state index contributed by atoms with van der Waals surface area (Å²) in [7, 11) is 3.44. The molecule has 1 unspecified atom stereocenters. The molecule has 0 saturated heterocycles. The van der Waals surface area contributed by atoms with Gasteiger partial charge in [0.2, 0.25) is 0 Å². The summed E-state index contributed by atoms with van der Waals surface area (Å²) >= 11 is 0. The predicted molar refractivity (Wildman–Crippen MR) is 63.0 cm³/mol. The third-order valence-electron chi connectivity index (χ3n) is 2.31. The minimum atomic E-state index is -0.513. The van der Waals surface area contributed by atoms with Gasteiger partial charge in [0.1, 0.15) is 6.29 Å². The van der Waals surface area contributed by atoms with Gasteiger partial charge in [-0.15, -0.1) is 0 Å². The first kappa shape index (κ1) is 12.7. The summed E-state index contributed by atoms with van der Waals surface area (Å²) in [5.41, 5.74) is 1.61. The molecular formula is C12H17NO3. The first-order valence-electron chi connectivity index (χ1n) is 5.10. The topological polar surface area (TPSA) is 49.8 Å². The Bertz CT molecular complexity index is 324. The molecule has 1 aromatic carbocycles. The molecule has 88 valence electrons. The lowest BCUT2D eigenvalue weighted by Crippen LogP contribution is -2.31.